The topological polar surface area (TPSA) is 69.0 Å². The van der Waals surface area contributed by atoms with Crippen LogP contribution in [0.2, 0.25) is 0 Å². The van der Waals surface area contributed by atoms with Crippen molar-refractivity contribution in [1.29, 1.82) is 0 Å². The summed E-state index contributed by atoms with van der Waals surface area (Å²) in [6.45, 7) is 1.27. The molecule has 1 saturated carbocycles. The van der Waals surface area contributed by atoms with Gasteiger partial charge in [0.1, 0.15) is 11.6 Å². The molecule has 0 spiro atoms. The lowest BCUT2D eigenvalue weighted by Gasteiger charge is -2.13. The molecular formula is C19H23FN4O2S. The quantitative estimate of drug-likeness (QED) is 0.702. The molecule has 4 rings (SSSR count). The number of carbonyl (C=O) groups is 1. The van der Waals surface area contributed by atoms with E-state index in [0.29, 0.717) is 29.6 Å². The van der Waals surface area contributed by atoms with E-state index in [1.54, 1.807) is 22.8 Å². The molecule has 1 N–H and O–H groups in total. The first-order valence-electron chi connectivity index (χ1n) is 9.43. The van der Waals surface area contributed by atoms with Crippen LogP contribution in [0, 0.1) is 11.7 Å². The molecule has 0 unspecified atom stereocenters. The van der Waals surface area contributed by atoms with E-state index in [0.717, 1.165) is 38.0 Å². The number of hydrogen-bond donors (Lipinski definition) is 1. The SMILES string of the molecule is O=C(NCCc1nnc(SC[C@H]2CCCO2)n1-c1ccccc1F)C1CC1. The molecule has 2 heterocycles. The normalized spacial score (nSPS) is 19.4. The van der Waals surface area contributed by atoms with E-state index >= 15 is 0 Å². The Kier molecular flexibility index (Phi) is 5.73. The van der Waals surface area contributed by atoms with E-state index in [9.17, 15) is 9.18 Å². The Balaban J connectivity index is 1.50. The van der Waals surface area contributed by atoms with E-state index in [1.807, 2.05) is 0 Å². The summed E-state index contributed by atoms with van der Waals surface area (Å²) in [6, 6.07) is 6.62. The third-order valence-electron chi connectivity index (χ3n) is 4.81. The zero-order valence-corrected chi connectivity index (χ0v) is 15.9. The number of thioether (sulfide) groups is 1. The van der Waals surface area contributed by atoms with Crippen molar-refractivity contribution in [2.75, 3.05) is 18.9 Å². The Morgan fingerprint density at radius 1 is 1.30 bits per heavy atom. The average Bonchev–Trinajstić information content (AvgIpc) is 3.25. The highest BCUT2D eigenvalue weighted by molar-refractivity contribution is 7.99. The second-order valence-electron chi connectivity index (χ2n) is 6.95. The van der Waals surface area contributed by atoms with Crippen LogP contribution in [0.25, 0.3) is 5.69 Å². The summed E-state index contributed by atoms with van der Waals surface area (Å²) in [6.07, 6.45) is 4.78. The van der Waals surface area contributed by atoms with Crippen LogP contribution in [0.3, 0.4) is 0 Å². The fourth-order valence-electron chi connectivity index (χ4n) is 3.16. The summed E-state index contributed by atoms with van der Waals surface area (Å²) in [7, 11) is 0. The monoisotopic (exact) mass is 390 g/mol. The van der Waals surface area contributed by atoms with Gasteiger partial charge in [0.15, 0.2) is 5.16 Å². The van der Waals surface area contributed by atoms with Crippen molar-refractivity contribution < 1.29 is 13.9 Å². The first-order valence-corrected chi connectivity index (χ1v) is 10.4. The zero-order valence-electron chi connectivity index (χ0n) is 15.1. The molecule has 144 valence electrons. The van der Waals surface area contributed by atoms with Crippen molar-refractivity contribution in [3.8, 4) is 5.69 Å². The van der Waals surface area contributed by atoms with Gasteiger partial charge in [-0.25, -0.2) is 4.39 Å². The van der Waals surface area contributed by atoms with Crippen LogP contribution in [0.4, 0.5) is 4.39 Å². The van der Waals surface area contributed by atoms with Crippen molar-refractivity contribution in [2.45, 2.75) is 43.4 Å². The first kappa shape index (κ1) is 18.4. The number of nitrogens with zero attached hydrogens (tertiary/aromatic N) is 3. The molecule has 1 aromatic heterocycles. The molecule has 1 amide bonds. The van der Waals surface area contributed by atoms with Crippen LogP contribution >= 0.6 is 11.8 Å². The Morgan fingerprint density at radius 2 is 2.15 bits per heavy atom. The molecule has 8 heteroatoms. The number of halogens is 1. The molecular weight excluding hydrogens is 367 g/mol. The number of ether oxygens (including phenoxy) is 1. The molecule has 2 aliphatic rings. The fraction of sp³-hybridized carbons (Fsp3) is 0.526. The molecule has 0 radical (unpaired) electrons. The number of rotatable bonds is 8. The summed E-state index contributed by atoms with van der Waals surface area (Å²) < 4.78 is 21.9. The maximum Gasteiger partial charge on any atom is 0.223 e. The maximum atomic E-state index is 14.4. The van der Waals surface area contributed by atoms with Gasteiger partial charge in [0.05, 0.1) is 11.8 Å². The summed E-state index contributed by atoms with van der Waals surface area (Å²) in [4.78, 5) is 11.8. The molecule has 1 aliphatic heterocycles. The van der Waals surface area contributed by atoms with Crippen LogP contribution < -0.4 is 5.32 Å². The largest absolute Gasteiger partial charge is 0.377 e. The number of benzene rings is 1. The Labute approximate surface area is 161 Å². The average molecular weight is 390 g/mol. The molecule has 1 saturated heterocycles. The molecule has 1 atom stereocenters. The minimum atomic E-state index is -0.320. The van der Waals surface area contributed by atoms with Gasteiger partial charge in [-0.2, -0.15) is 0 Å². The lowest BCUT2D eigenvalue weighted by molar-refractivity contribution is -0.122. The van der Waals surface area contributed by atoms with Crippen LogP contribution in [0.15, 0.2) is 29.4 Å². The van der Waals surface area contributed by atoms with Gasteiger partial charge >= 0.3 is 0 Å². The maximum absolute atomic E-state index is 14.4. The summed E-state index contributed by atoms with van der Waals surface area (Å²) in [5.41, 5.74) is 0.431. The zero-order chi connectivity index (χ0) is 18.6. The van der Waals surface area contributed by atoms with Crippen LogP contribution in [-0.4, -0.2) is 45.7 Å². The van der Waals surface area contributed by atoms with Gasteiger partial charge in [0.2, 0.25) is 5.91 Å². The van der Waals surface area contributed by atoms with Crippen LogP contribution in [0.1, 0.15) is 31.5 Å². The van der Waals surface area contributed by atoms with Crippen molar-refractivity contribution in [3.05, 3.63) is 35.9 Å². The van der Waals surface area contributed by atoms with E-state index in [4.69, 9.17) is 4.74 Å². The summed E-state index contributed by atoms with van der Waals surface area (Å²) >= 11 is 1.53. The third kappa shape index (κ3) is 4.50. The second kappa shape index (κ2) is 8.39. The highest BCUT2D eigenvalue weighted by Gasteiger charge is 2.29. The molecule has 0 bridgehead atoms. The first-order chi connectivity index (χ1) is 13.2. The predicted octanol–water partition coefficient (Wildman–Crippen LogP) is 2.75. The third-order valence-corrected chi connectivity index (χ3v) is 5.87. The number of carbonyl (C=O) groups excluding carboxylic acids is 1. The minimum Gasteiger partial charge on any atom is -0.377 e. The van der Waals surface area contributed by atoms with Crippen molar-refractivity contribution in [1.82, 2.24) is 20.1 Å². The minimum absolute atomic E-state index is 0.0972. The number of aromatic nitrogens is 3. The van der Waals surface area contributed by atoms with Crippen molar-refractivity contribution in [3.63, 3.8) is 0 Å². The van der Waals surface area contributed by atoms with E-state index < -0.39 is 0 Å². The molecule has 2 fully saturated rings. The number of hydrogen-bond acceptors (Lipinski definition) is 5. The van der Waals surface area contributed by atoms with Gasteiger partial charge < -0.3 is 10.1 Å². The van der Waals surface area contributed by atoms with Gasteiger partial charge in [-0.1, -0.05) is 23.9 Å². The van der Waals surface area contributed by atoms with Crippen LogP contribution in [0.5, 0.6) is 0 Å². The second-order valence-corrected chi connectivity index (χ2v) is 7.93. The summed E-state index contributed by atoms with van der Waals surface area (Å²) in [5.74, 6) is 1.36. The van der Waals surface area contributed by atoms with Gasteiger partial charge in [0.25, 0.3) is 0 Å². The predicted molar refractivity (Wildman–Crippen MR) is 100 cm³/mol. The molecule has 1 aromatic carbocycles. The van der Waals surface area contributed by atoms with E-state index in [1.165, 1.54) is 17.8 Å². The van der Waals surface area contributed by atoms with Gasteiger partial charge in [-0.3, -0.25) is 9.36 Å². The Bertz CT molecular complexity index is 803. The van der Waals surface area contributed by atoms with Crippen molar-refractivity contribution in [2.24, 2.45) is 5.92 Å². The van der Waals surface area contributed by atoms with Crippen LogP contribution in [-0.2, 0) is 16.0 Å². The van der Waals surface area contributed by atoms with Gasteiger partial charge in [0, 0.05) is 31.2 Å². The number of nitrogens with one attached hydrogen (secondary N) is 1. The van der Waals surface area contributed by atoms with E-state index in [-0.39, 0.29) is 23.7 Å². The van der Waals surface area contributed by atoms with Gasteiger partial charge in [-0.05, 0) is 37.8 Å². The smallest absolute Gasteiger partial charge is 0.223 e. The van der Waals surface area contributed by atoms with Gasteiger partial charge in [-0.15, -0.1) is 10.2 Å². The van der Waals surface area contributed by atoms with Crippen molar-refractivity contribution >= 4 is 17.7 Å². The lowest BCUT2D eigenvalue weighted by atomic mass is 10.3. The molecule has 6 nitrogen and oxygen atoms in total. The molecule has 1 aliphatic carbocycles. The number of para-hydroxylation sites is 1. The number of amides is 1. The highest BCUT2D eigenvalue weighted by atomic mass is 32.2. The lowest BCUT2D eigenvalue weighted by Crippen LogP contribution is -2.27. The highest BCUT2D eigenvalue weighted by Crippen LogP contribution is 2.29. The summed E-state index contributed by atoms with van der Waals surface area (Å²) in [5, 5.41) is 12.1. The Hall–Kier alpha value is -1.93. The molecule has 27 heavy (non-hydrogen) atoms. The Morgan fingerprint density at radius 3 is 2.89 bits per heavy atom. The molecule has 2 aromatic rings. The van der Waals surface area contributed by atoms with E-state index in [2.05, 4.69) is 15.5 Å². The fourth-order valence-corrected chi connectivity index (χ4v) is 4.19. The standard InChI is InChI=1S/C19H23FN4O2S/c20-15-5-1-2-6-16(15)24-17(9-10-21-18(25)13-7-8-13)22-23-19(24)27-12-14-4-3-11-26-14/h1-2,5-6,13-14H,3-4,7-12H2,(H,21,25)/t14-/m1/s1.